The molecule has 1 aliphatic carbocycles. The SMILES string of the molecule is [C]1=CC=CC=CC=CC1. The van der Waals surface area contributed by atoms with Gasteiger partial charge in [-0.25, -0.2) is 0 Å². The Labute approximate surface area is 55.9 Å². The molecule has 0 spiro atoms. The Hall–Kier alpha value is -1.04. The van der Waals surface area contributed by atoms with E-state index in [2.05, 4.69) is 12.2 Å². The van der Waals surface area contributed by atoms with Gasteiger partial charge in [0.2, 0.25) is 0 Å². The first-order valence-electron chi connectivity index (χ1n) is 3.05. The van der Waals surface area contributed by atoms with Crippen molar-refractivity contribution < 1.29 is 0 Å². The summed E-state index contributed by atoms with van der Waals surface area (Å²) < 4.78 is 0. The van der Waals surface area contributed by atoms with Crippen molar-refractivity contribution in [1.82, 2.24) is 0 Å². The second kappa shape index (κ2) is 3.90. The lowest BCUT2D eigenvalue weighted by atomic mass is 10.3. The molecule has 0 saturated carbocycles. The highest BCUT2D eigenvalue weighted by atomic mass is 13.8. The van der Waals surface area contributed by atoms with E-state index in [0.29, 0.717) is 0 Å². The van der Waals surface area contributed by atoms with Crippen LogP contribution in [0, 0.1) is 6.08 Å². The Morgan fingerprint density at radius 2 is 1.67 bits per heavy atom. The quantitative estimate of drug-likeness (QED) is 0.457. The van der Waals surface area contributed by atoms with Gasteiger partial charge in [0.15, 0.2) is 0 Å². The molecule has 0 heterocycles. The fraction of sp³-hybridized carbons (Fsp3) is 0.111. The number of hydrogen-bond acceptors (Lipinski definition) is 0. The molecule has 0 fully saturated rings. The van der Waals surface area contributed by atoms with Crippen LogP contribution >= 0.6 is 0 Å². The van der Waals surface area contributed by atoms with Crippen molar-refractivity contribution in [3.05, 3.63) is 48.6 Å². The third-order valence-corrected chi connectivity index (χ3v) is 1.03. The molecule has 0 amide bonds. The summed E-state index contributed by atoms with van der Waals surface area (Å²) in [7, 11) is 0. The fourth-order valence-electron chi connectivity index (χ4n) is 0.599. The second-order valence-corrected chi connectivity index (χ2v) is 1.77. The number of hydrogen-bond donors (Lipinski definition) is 0. The van der Waals surface area contributed by atoms with Gasteiger partial charge in [0.25, 0.3) is 0 Å². The van der Waals surface area contributed by atoms with Gasteiger partial charge in [-0.1, -0.05) is 42.5 Å². The maximum absolute atomic E-state index is 3.09. The zero-order chi connectivity index (χ0) is 6.36. The summed E-state index contributed by atoms with van der Waals surface area (Å²) in [6.07, 6.45) is 18.0. The van der Waals surface area contributed by atoms with Gasteiger partial charge < -0.3 is 0 Å². The summed E-state index contributed by atoms with van der Waals surface area (Å²) >= 11 is 0. The Kier molecular flexibility index (Phi) is 2.64. The van der Waals surface area contributed by atoms with Crippen LogP contribution < -0.4 is 0 Å². The molecule has 0 saturated heterocycles. The average molecular weight is 117 g/mol. The van der Waals surface area contributed by atoms with Crippen molar-refractivity contribution in [2.75, 3.05) is 0 Å². The Morgan fingerprint density at radius 3 is 2.67 bits per heavy atom. The lowest BCUT2D eigenvalue weighted by Crippen LogP contribution is -1.55. The van der Waals surface area contributed by atoms with Crippen molar-refractivity contribution in [2.24, 2.45) is 0 Å². The van der Waals surface area contributed by atoms with Crippen LogP contribution in [0.5, 0.6) is 0 Å². The van der Waals surface area contributed by atoms with Gasteiger partial charge in [-0.05, 0) is 12.5 Å². The molecule has 0 N–H and O–H groups in total. The third kappa shape index (κ3) is 2.70. The van der Waals surface area contributed by atoms with Crippen LogP contribution in [0.2, 0.25) is 0 Å². The molecular formula is C9H9. The molecule has 45 valence electrons. The zero-order valence-corrected chi connectivity index (χ0v) is 5.25. The van der Waals surface area contributed by atoms with Crippen molar-refractivity contribution >= 4 is 0 Å². The van der Waals surface area contributed by atoms with Gasteiger partial charge in [0.05, 0.1) is 0 Å². The largest absolute Gasteiger partial charge is 0.0801 e. The summed E-state index contributed by atoms with van der Waals surface area (Å²) in [5.74, 6) is 0. The standard InChI is InChI=1S/C9H9/c1-2-4-6-8-9-7-5-3-1/h1-7H,8H2. The fourth-order valence-corrected chi connectivity index (χ4v) is 0.599. The highest BCUT2D eigenvalue weighted by Gasteiger charge is 1.70. The van der Waals surface area contributed by atoms with Gasteiger partial charge in [-0.3, -0.25) is 0 Å². The molecule has 0 bridgehead atoms. The molecule has 1 rings (SSSR count). The maximum atomic E-state index is 3.09. The normalized spacial score (nSPS) is 16.9. The van der Waals surface area contributed by atoms with E-state index in [4.69, 9.17) is 0 Å². The number of allylic oxidation sites excluding steroid dienone is 8. The molecule has 0 aromatic heterocycles. The minimum Gasteiger partial charge on any atom is -0.0801 e. The lowest BCUT2D eigenvalue weighted by molar-refractivity contribution is 1.34. The van der Waals surface area contributed by atoms with Crippen LogP contribution in [0.1, 0.15) is 6.42 Å². The summed E-state index contributed by atoms with van der Waals surface area (Å²) in [6.45, 7) is 0. The first-order valence-corrected chi connectivity index (χ1v) is 3.05. The van der Waals surface area contributed by atoms with Crippen molar-refractivity contribution in [2.45, 2.75) is 6.42 Å². The second-order valence-electron chi connectivity index (χ2n) is 1.77. The summed E-state index contributed by atoms with van der Waals surface area (Å²) in [4.78, 5) is 0. The molecule has 0 aliphatic heterocycles. The monoisotopic (exact) mass is 117 g/mol. The van der Waals surface area contributed by atoms with E-state index in [1.165, 1.54) is 0 Å². The molecule has 0 atom stereocenters. The smallest absolute Gasteiger partial charge is 0.00915 e. The third-order valence-electron chi connectivity index (χ3n) is 1.03. The van der Waals surface area contributed by atoms with E-state index in [1.54, 1.807) is 0 Å². The van der Waals surface area contributed by atoms with Gasteiger partial charge in [-0.15, -0.1) is 0 Å². The van der Waals surface area contributed by atoms with Crippen molar-refractivity contribution in [1.29, 1.82) is 0 Å². The average Bonchev–Trinajstić information content (AvgIpc) is 2.00. The maximum Gasteiger partial charge on any atom is -0.00915 e. The minimum atomic E-state index is 0.911. The molecule has 1 aliphatic rings. The first kappa shape index (κ1) is 6.09. The van der Waals surface area contributed by atoms with Crippen molar-refractivity contribution in [3.63, 3.8) is 0 Å². The van der Waals surface area contributed by atoms with E-state index in [1.807, 2.05) is 36.5 Å². The molecule has 0 heteroatoms. The van der Waals surface area contributed by atoms with E-state index in [-0.39, 0.29) is 0 Å². The summed E-state index contributed by atoms with van der Waals surface area (Å²) in [5, 5.41) is 0. The zero-order valence-electron chi connectivity index (χ0n) is 5.25. The van der Waals surface area contributed by atoms with Crippen LogP contribution in [0.25, 0.3) is 0 Å². The van der Waals surface area contributed by atoms with Crippen LogP contribution in [-0.2, 0) is 0 Å². The van der Waals surface area contributed by atoms with E-state index < -0.39 is 0 Å². The Balaban J connectivity index is 2.60. The lowest BCUT2D eigenvalue weighted by Gasteiger charge is -1.73. The minimum absolute atomic E-state index is 0.911. The highest BCUT2D eigenvalue weighted by molar-refractivity contribution is 5.16. The van der Waals surface area contributed by atoms with Gasteiger partial charge >= 0.3 is 0 Å². The molecule has 0 nitrogen and oxygen atoms in total. The Morgan fingerprint density at radius 1 is 0.889 bits per heavy atom. The first-order chi connectivity index (χ1) is 4.50. The predicted molar refractivity (Wildman–Crippen MR) is 39.9 cm³/mol. The van der Waals surface area contributed by atoms with E-state index in [9.17, 15) is 0 Å². The van der Waals surface area contributed by atoms with Gasteiger partial charge in [0, 0.05) is 0 Å². The molecule has 9 heavy (non-hydrogen) atoms. The summed E-state index contributed by atoms with van der Waals surface area (Å²) in [5.41, 5.74) is 0. The Bertz CT molecular complexity index is 148. The van der Waals surface area contributed by atoms with E-state index in [0.717, 1.165) is 6.42 Å². The highest BCUT2D eigenvalue weighted by Crippen LogP contribution is 1.90. The van der Waals surface area contributed by atoms with Crippen LogP contribution in [0.3, 0.4) is 0 Å². The van der Waals surface area contributed by atoms with Gasteiger partial charge in [0.1, 0.15) is 0 Å². The topological polar surface area (TPSA) is 0 Å². The molecule has 0 unspecified atom stereocenters. The molecule has 1 radical (unpaired) electrons. The van der Waals surface area contributed by atoms with Gasteiger partial charge in [-0.2, -0.15) is 0 Å². The van der Waals surface area contributed by atoms with E-state index >= 15 is 0 Å². The van der Waals surface area contributed by atoms with Crippen molar-refractivity contribution in [3.8, 4) is 0 Å². The molecular weight excluding hydrogens is 108 g/mol. The predicted octanol–water partition coefficient (Wildman–Crippen LogP) is 2.42. The van der Waals surface area contributed by atoms with Crippen LogP contribution in [-0.4, -0.2) is 0 Å². The molecule has 0 aromatic rings. The van der Waals surface area contributed by atoms with Crippen LogP contribution in [0.15, 0.2) is 42.5 Å². The van der Waals surface area contributed by atoms with Crippen LogP contribution in [0.4, 0.5) is 0 Å². The molecule has 0 aromatic carbocycles. The summed E-state index contributed by atoms with van der Waals surface area (Å²) in [6, 6.07) is 0. The number of rotatable bonds is 0.